The molecular weight excluding hydrogens is 364 g/mol. The fourth-order valence-electron chi connectivity index (χ4n) is 2.15. The van der Waals surface area contributed by atoms with Gasteiger partial charge in [0.2, 0.25) is 0 Å². The standard InChI is InChI=1S/C17H17F2N3O5/c1-2-26-15-9-11(3-8-14(15)27-16(18)19)10-20-17(23)21-12-4-6-13(7-5-12)22(24)25/h3-9,16H,2,10H2,1H3,(H2,20,21,23). The summed E-state index contributed by atoms with van der Waals surface area (Å²) in [5.74, 6) is 0.0545. The van der Waals surface area contributed by atoms with Crippen molar-refractivity contribution in [3.63, 3.8) is 0 Å². The maximum Gasteiger partial charge on any atom is 0.387 e. The predicted octanol–water partition coefficient (Wildman–Crippen LogP) is 3.92. The first-order chi connectivity index (χ1) is 12.9. The number of carbonyl (C=O) groups excluding carboxylic acids is 1. The molecule has 0 heterocycles. The monoisotopic (exact) mass is 381 g/mol. The summed E-state index contributed by atoms with van der Waals surface area (Å²) in [6.07, 6.45) is 0. The number of non-ortho nitro benzene ring substituents is 1. The molecule has 10 heteroatoms. The zero-order valence-electron chi connectivity index (χ0n) is 14.3. The van der Waals surface area contributed by atoms with Crippen molar-refractivity contribution in [3.05, 3.63) is 58.1 Å². The molecular formula is C17H17F2N3O5. The number of carbonyl (C=O) groups is 1. The molecule has 0 aliphatic rings. The van der Waals surface area contributed by atoms with E-state index in [4.69, 9.17) is 4.74 Å². The summed E-state index contributed by atoms with van der Waals surface area (Å²) >= 11 is 0. The van der Waals surface area contributed by atoms with Crippen molar-refractivity contribution in [1.82, 2.24) is 5.32 Å². The second-order valence-electron chi connectivity index (χ2n) is 5.20. The Labute approximate surface area is 153 Å². The van der Waals surface area contributed by atoms with Crippen LogP contribution in [0.5, 0.6) is 11.5 Å². The lowest BCUT2D eigenvalue weighted by Crippen LogP contribution is -2.28. The van der Waals surface area contributed by atoms with Crippen molar-refractivity contribution in [3.8, 4) is 11.5 Å². The lowest BCUT2D eigenvalue weighted by Gasteiger charge is -2.13. The first-order valence-electron chi connectivity index (χ1n) is 7.89. The highest BCUT2D eigenvalue weighted by molar-refractivity contribution is 5.89. The Morgan fingerprint density at radius 2 is 1.89 bits per heavy atom. The quantitative estimate of drug-likeness (QED) is 0.533. The summed E-state index contributed by atoms with van der Waals surface area (Å²) < 4.78 is 34.4. The van der Waals surface area contributed by atoms with E-state index in [-0.39, 0.29) is 30.3 Å². The molecule has 0 unspecified atom stereocenters. The van der Waals surface area contributed by atoms with Gasteiger partial charge >= 0.3 is 12.6 Å². The number of nitrogens with one attached hydrogen (secondary N) is 2. The minimum absolute atomic E-state index is 0.0875. The zero-order valence-corrected chi connectivity index (χ0v) is 14.3. The molecule has 2 N–H and O–H groups in total. The van der Waals surface area contributed by atoms with Crippen molar-refractivity contribution < 1.29 is 28.0 Å². The van der Waals surface area contributed by atoms with Crippen LogP contribution in [0.25, 0.3) is 0 Å². The van der Waals surface area contributed by atoms with Gasteiger partial charge in [-0.1, -0.05) is 6.07 Å². The third-order valence-corrected chi connectivity index (χ3v) is 3.31. The number of nitrogens with zero attached hydrogens (tertiary/aromatic N) is 1. The van der Waals surface area contributed by atoms with E-state index < -0.39 is 17.6 Å². The van der Waals surface area contributed by atoms with Gasteiger partial charge in [-0.2, -0.15) is 8.78 Å². The molecule has 0 radical (unpaired) electrons. The molecule has 0 aromatic heterocycles. The normalized spacial score (nSPS) is 10.4. The summed E-state index contributed by atoms with van der Waals surface area (Å²) in [5, 5.41) is 15.7. The van der Waals surface area contributed by atoms with E-state index in [1.807, 2.05) is 0 Å². The van der Waals surface area contributed by atoms with Gasteiger partial charge in [0.25, 0.3) is 5.69 Å². The molecule has 2 amide bonds. The minimum Gasteiger partial charge on any atom is -0.490 e. The summed E-state index contributed by atoms with van der Waals surface area (Å²) in [5.41, 5.74) is 0.906. The smallest absolute Gasteiger partial charge is 0.387 e. The Morgan fingerprint density at radius 3 is 2.48 bits per heavy atom. The van der Waals surface area contributed by atoms with Gasteiger partial charge in [-0.15, -0.1) is 0 Å². The summed E-state index contributed by atoms with van der Waals surface area (Å²) in [7, 11) is 0. The number of nitro groups is 1. The first-order valence-corrected chi connectivity index (χ1v) is 7.89. The van der Waals surface area contributed by atoms with Crippen molar-refractivity contribution in [2.75, 3.05) is 11.9 Å². The van der Waals surface area contributed by atoms with Gasteiger partial charge in [0.05, 0.1) is 11.5 Å². The predicted molar refractivity (Wildman–Crippen MR) is 93.2 cm³/mol. The molecule has 0 bridgehead atoms. The Bertz CT molecular complexity index is 800. The van der Waals surface area contributed by atoms with Gasteiger partial charge in [-0.05, 0) is 36.8 Å². The number of anilines is 1. The topological polar surface area (TPSA) is 103 Å². The summed E-state index contributed by atoms with van der Waals surface area (Å²) in [6, 6.07) is 9.16. The molecule has 0 fully saturated rings. The van der Waals surface area contributed by atoms with E-state index in [9.17, 15) is 23.7 Å². The lowest BCUT2D eigenvalue weighted by molar-refractivity contribution is -0.384. The fraction of sp³-hybridized carbons (Fsp3) is 0.235. The molecule has 27 heavy (non-hydrogen) atoms. The van der Waals surface area contributed by atoms with E-state index in [2.05, 4.69) is 15.4 Å². The van der Waals surface area contributed by atoms with Gasteiger partial charge < -0.3 is 20.1 Å². The number of halogens is 2. The van der Waals surface area contributed by atoms with Crippen LogP contribution in [0, 0.1) is 10.1 Å². The van der Waals surface area contributed by atoms with E-state index in [0.29, 0.717) is 11.3 Å². The number of ether oxygens (including phenoxy) is 2. The van der Waals surface area contributed by atoms with Crippen LogP contribution in [0.4, 0.5) is 25.0 Å². The Hall–Kier alpha value is -3.43. The average Bonchev–Trinajstić information content (AvgIpc) is 2.62. The Kier molecular flexibility index (Phi) is 6.86. The van der Waals surface area contributed by atoms with Crippen molar-refractivity contribution in [1.29, 1.82) is 0 Å². The molecule has 0 saturated carbocycles. The second-order valence-corrected chi connectivity index (χ2v) is 5.20. The highest BCUT2D eigenvalue weighted by Crippen LogP contribution is 2.29. The number of rotatable bonds is 8. The minimum atomic E-state index is -2.97. The van der Waals surface area contributed by atoms with Crippen LogP contribution in [0.2, 0.25) is 0 Å². The lowest BCUT2D eigenvalue weighted by atomic mass is 10.2. The maximum atomic E-state index is 12.4. The fourth-order valence-corrected chi connectivity index (χ4v) is 2.15. The van der Waals surface area contributed by atoms with E-state index in [1.54, 1.807) is 6.92 Å². The van der Waals surface area contributed by atoms with Crippen LogP contribution in [0.15, 0.2) is 42.5 Å². The van der Waals surface area contributed by atoms with Crippen molar-refractivity contribution in [2.45, 2.75) is 20.1 Å². The molecule has 0 spiro atoms. The number of benzene rings is 2. The third kappa shape index (κ3) is 6.10. The van der Waals surface area contributed by atoms with Crippen LogP contribution in [-0.2, 0) is 6.54 Å². The van der Waals surface area contributed by atoms with E-state index in [0.717, 1.165) is 0 Å². The van der Waals surface area contributed by atoms with Gasteiger partial charge in [0, 0.05) is 24.4 Å². The number of amides is 2. The number of nitro benzene ring substituents is 1. The molecule has 0 aliphatic heterocycles. The summed E-state index contributed by atoms with van der Waals surface area (Å²) in [4.78, 5) is 22.0. The zero-order chi connectivity index (χ0) is 19.8. The second kappa shape index (κ2) is 9.32. The molecule has 0 aliphatic carbocycles. The SMILES string of the molecule is CCOc1cc(CNC(=O)Nc2ccc([N+](=O)[O-])cc2)ccc1OC(F)F. The highest BCUT2D eigenvalue weighted by atomic mass is 19.3. The first kappa shape index (κ1) is 19.9. The van der Waals surface area contributed by atoms with Gasteiger partial charge in [-0.25, -0.2) is 4.79 Å². The van der Waals surface area contributed by atoms with Crippen molar-refractivity contribution in [2.24, 2.45) is 0 Å². The average molecular weight is 381 g/mol. The molecule has 2 rings (SSSR count). The molecule has 8 nitrogen and oxygen atoms in total. The number of alkyl halides is 2. The van der Waals surface area contributed by atoms with Crippen LogP contribution < -0.4 is 20.1 Å². The van der Waals surface area contributed by atoms with E-state index >= 15 is 0 Å². The Morgan fingerprint density at radius 1 is 1.19 bits per heavy atom. The van der Waals surface area contributed by atoms with Crippen molar-refractivity contribution >= 4 is 17.4 Å². The molecule has 2 aromatic carbocycles. The molecule has 0 atom stereocenters. The number of hydrogen-bond acceptors (Lipinski definition) is 5. The molecule has 2 aromatic rings. The van der Waals surface area contributed by atoms with Crippen LogP contribution in [0.1, 0.15) is 12.5 Å². The van der Waals surface area contributed by atoms with Gasteiger partial charge in [0.1, 0.15) is 0 Å². The van der Waals surface area contributed by atoms with Crippen LogP contribution in [0.3, 0.4) is 0 Å². The van der Waals surface area contributed by atoms with Crippen LogP contribution in [-0.4, -0.2) is 24.2 Å². The van der Waals surface area contributed by atoms with Crippen LogP contribution >= 0.6 is 0 Å². The highest BCUT2D eigenvalue weighted by Gasteiger charge is 2.12. The number of hydrogen-bond donors (Lipinski definition) is 2. The third-order valence-electron chi connectivity index (χ3n) is 3.31. The van der Waals surface area contributed by atoms with Gasteiger partial charge in [-0.3, -0.25) is 10.1 Å². The Balaban J connectivity index is 1.95. The largest absolute Gasteiger partial charge is 0.490 e. The van der Waals surface area contributed by atoms with Gasteiger partial charge in [0.15, 0.2) is 11.5 Å². The maximum absolute atomic E-state index is 12.4. The molecule has 0 saturated heterocycles. The molecule has 144 valence electrons. The number of urea groups is 1. The van der Waals surface area contributed by atoms with E-state index in [1.165, 1.54) is 42.5 Å². The summed E-state index contributed by atoms with van der Waals surface area (Å²) in [6.45, 7) is -0.902.